The maximum absolute atomic E-state index is 13.2. The number of pyridine rings is 1. The molecule has 0 N–H and O–H groups in total. The standard InChI is InChI=1S/C21H31N3O3S/c25-21-17(14-22-5-7-27-8-6-22)1-2-20-18-11-16(13-24(20)21)12-23(15-18)19-3-9-28(26)10-4-19/h1-2,16,18-19H,3-15H2/t16-,18+,19?,28?/m0/s1. The van der Waals surface area contributed by atoms with E-state index in [4.69, 9.17) is 4.74 Å². The Labute approximate surface area is 169 Å². The van der Waals surface area contributed by atoms with Crippen LogP contribution in [-0.4, -0.2) is 75.5 Å². The van der Waals surface area contributed by atoms with Gasteiger partial charge < -0.3 is 9.30 Å². The summed E-state index contributed by atoms with van der Waals surface area (Å²) in [5.41, 5.74) is 2.38. The van der Waals surface area contributed by atoms with E-state index in [1.165, 1.54) is 12.1 Å². The van der Waals surface area contributed by atoms with E-state index in [9.17, 15) is 9.00 Å². The Hall–Kier alpha value is -1.02. The van der Waals surface area contributed by atoms with Gasteiger partial charge in [0.25, 0.3) is 5.56 Å². The van der Waals surface area contributed by atoms with Crippen molar-refractivity contribution in [2.45, 2.75) is 44.3 Å². The zero-order valence-corrected chi connectivity index (χ0v) is 17.4. The van der Waals surface area contributed by atoms with E-state index >= 15 is 0 Å². The molecule has 1 aromatic heterocycles. The fourth-order valence-electron chi connectivity index (χ4n) is 5.59. The second-order valence-electron chi connectivity index (χ2n) is 8.92. The maximum Gasteiger partial charge on any atom is 0.255 e. The summed E-state index contributed by atoms with van der Waals surface area (Å²) >= 11 is 0. The molecule has 1 aromatic rings. The van der Waals surface area contributed by atoms with Crippen LogP contribution < -0.4 is 5.56 Å². The van der Waals surface area contributed by atoms with Crippen LogP contribution in [0.25, 0.3) is 0 Å². The molecule has 0 saturated carbocycles. The fraction of sp³-hybridized carbons (Fsp3) is 0.762. The monoisotopic (exact) mass is 405 g/mol. The first-order chi connectivity index (χ1) is 13.7. The van der Waals surface area contributed by atoms with Crippen molar-refractivity contribution in [1.82, 2.24) is 14.4 Å². The zero-order chi connectivity index (χ0) is 19.1. The summed E-state index contributed by atoms with van der Waals surface area (Å²) in [6, 6.07) is 4.88. The van der Waals surface area contributed by atoms with Gasteiger partial charge in [0.15, 0.2) is 0 Å². The van der Waals surface area contributed by atoms with Gasteiger partial charge in [-0.2, -0.15) is 0 Å². The molecule has 5 rings (SSSR count). The van der Waals surface area contributed by atoms with Gasteiger partial charge in [0.2, 0.25) is 0 Å². The number of rotatable bonds is 3. The molecule has 0 aliphatic carbocycles. The van der Waals surface area contributed by atoms with Crippen LogP contribution >= 0.6 is 0 Å². The van der Waals surface area contributed by atoms with Crippen LogP contribution in [0.2, 0.25) is 0 Å². The van der Waals surface area contributed by atoms with E-state index in [2.05, 4.69) is 26.5 Å². The number of fused-ring (bicyclic) bond motifs is 4. The summed E-state index contributed by atoms with van der Waals surface area (Å²) in [6.07, 6.45) is 3.34. The van der Waals surface area contributed by atoms with Crippen LogP contribution in [0.4, 0.5) is 0 Å². The molecule has 4 aliphatic heterocycles. The third-order valence-electron chi connectivity index (χ3n) is 7.08. The number of ether oxygens (including phenoxy) is 1. The van der Waals surface area contributed by atoms with Gasteiger partial charge >= 0.3 is 0 Å². The third kappa shape index (κ3) is 3.74. The quantitative estimate of drug-likeness (QED) is 0.751. The SMILES string of the molecule is O=c1c(CN2CCOCC2)ccc2n1C[C@H]1C[C@@H]2CN(C2CCS(=O)CC2)C1. The topological polar surface area (TPSA) is 54.8 Å². The average molecular weight is 406 g/mol. The molecule has 6 nitrogen and oxygen atoms in total. The van der Waals surface area contributed by atoms with Crippen LogP contribution in [-0.2, 0) is 28.6 Å². The summed E-state index contributed by atoms with van der Waals surface area (Å²) in [5, 5.41) is 0. The van der Waals surface area contributed by atoms with Gasteiger partial charge in [0.05, 0.1) is 13.2 Å². The molecule has 2 atom stereocenters. The maximum atomic E-state index is 13.2. The first-order valence-corrected chi connectivity index (χ1v) is 12.3. The highest BCUT2D eigenvalue weighted by Crippen LogP contribution is 2.37. The summed E-state index contributed by atoms with van der Waals surface area (Å²) in [7, 11) is -0.600. The van der Waals surface area contributed by atoms with Crippen LogP contribution in [0.1, 0.15) is 36.4 Å². The summed E-state index contributed by atoms with van der Waals surface area (Å²) in [5.74, 6) is 2.74. The normalized spacial score (nSPS) is 34.1. The molecular formula is C21H31N3O3S. The van der Waals surface area contributed by atoms with E-state index < -0.39 is 10.8 Å². The van der Waals surface area contributed by atoms with Gasteiger partial charge in [0.1, 0.15) is 0 Å². The Balaban J connectivity index is 1.33. The number of piperidine rings is 1. The lowest BCUT2D eigenvalue weighted by Gasteiger charge is -2.46. The van der Waals surface area contributed by atoms with E-state index in [1.54, 1.807) is 0 Å². The molecule has 0 aromatic carbocycles. The van der Waals surface area contributed by atoms with E-state index in [0.29, 0.717) is 17.9 Å². The van der Waals surface area contributed by atoms with Crippen molar-refractivity contribution >= 4 is 10.8 Å². The molecule has 0 radical (unpaired) electrons. The number of morpholine rings is 1. The number of nitrogens with zero attached hydrogens (tertiary/aromatic N) is 3. The van der Waals surface area contributed by atoms with Crippen LogP contribution in [0, 0.1) is 5.92 Å². The molecule has 3 fully saturated rings. The molecule has 0 unspecified atom stereocenters. The molecule has 0 amide bonds. The number of aromatic nitrogens is 1. The van der Waals surface area contributed by atoms with Crippen LogP contribution in [0.3, 0.4) is 0 Å². The molecule has 154 valence electrons. The van der Waals surface area contributed by atoms with Crippen molar-refractivity contribution in [3.05, 3.63) is 33.7 Å². The Morgan fingerprint density at radius 3 is 2.64 bits per heavy atom. The first kappa shape index (κ1) is 19.0. The van der Waals surface area contributed by atoms with Gasteiger partial charge in [-0.05, 0) is 31.2 Å². The highest BCUT2D eigenvalue weighted by atomic mass is 32.2. The molecular weight excluding hydrogens is 374 g/mol. The van der Waals surface area contributed by atoms with Gasteiger partial charge in [0, 0.05) is 84.8 Å². The minimum absolute atomic E-state index is 0.222. The molecule has 5 heterocycles. The molecule has 2 bridgehead atoms. The molecule has 28 heavy (non-hydrogen) atoms. The summed E-state index contributed by atoms with van der Waals surface area (Å²) < 4.78 is 19.2. The fourth-order valence-corrected chi connectivity index (χ4v) is 6.87. The predicted molar refractivity (Wildman–Crippen MR) is 110 cm³/mol. The van der Waals surface area contributed by atoms with Gasteiger partial charge in [-0.25, -0.2) is 0 Å². The molecule has 4 aliphatic rings. The lowest BCUT2D eigenvalue weighted by Crippen LogP contribution is -2.52. The van der Waals surface area contributed by atoms with E-state index in [-0.39, 0.29) is 5.56 Å². The van der Waals surface area contributed by atoms with Crippen LogP contribution in [0.15, 0.2) is 16.9 Å². The minimum atomic E-state index is -0.600. The van der Waals surface area contributed by atoms with Crippen LogP contribution in [0.5, 0.6) is 0 Å². The lowest BCUT2D eigenvalue weighted by molar-refractivity contribution is 0.0338. The second kappa shape index (κ2) is 8.01. The van der Waals surface area contributed by atoms with Crippen molar-refractivity contribution < 1.29 is 8.95 Å². The largest absolute Gasteiger partial charge is 0.379 e. The van der Waals surface area contributed by atoms with Crippen molar-refractivity contribution in [3.8, 4) is 0 Å². The van der Waals surface area contributed by atoms with Crippen molar-refractivity contribution in [2.75, 3.05) is 50.9 Å². The Kier molecular flexibility index (Phi) is 5.43. The van der Waals surface area contributed by atoms with E-state index in [0.717, 1.165) is 82.4 Å². The summed E-state index contributed by atoms with van der Waals surface area (Å²) in [6.45, 7) is 7.09. The second-order valence-corrected chi connectivity index (χ2v) is 10.6. The number of hydrogen-bond acceptors (Lipinski definition) is 5. The summed E-state index contributed by atoms with van der Waals surface area (Å²) in [4.78, 5) is 18.2. The Bertz CT molecular complexity index is 795. The average Bonchev–Trinajstić information content (AvgIpc) is 2.72. The molecule has 7 heteroatoms. The smallest absolute Gasteiger partial charge is 0.255 e. The highest BCUT2D eigenvalue weighted by Gasteiger charge is 2.38. The Morgan fingerprint density at radius 2 is 1.86 bits per heavy atom. The highest BCUT2D eigenvalue weighted by molar-refractivity contribution is 7.85. The Morgan fingerprint density at radius 1 is 1.07 bits per heavy atom. The molecule has 3 saturated heterocycles. The van der Waals surface area contributed by atoms with Crippen molar-refractivity contribution in [3.63, 3.8) is 0 Å². The number of likely N-dealkylation sites (tertiary alicyclic amines) is 1. The lowest BCUT2D eigenvalue weighted by atomic mass is 9.82. The number of hydrogen-bond donors (Lipinski definition) is 0. The predicted octanol–water partition coefficient (Wildman–Crippen LogP) is 1.01. The van der Waals surface area contributed by atoms with Crippen molar-refractivity contribution in [1.29, 1.82) is 0 Å². The zero-order valence-electron chi connectivity index (χ0n) is 16.6. The van der Waals surface area contributed by atoms with E-state index in [1.807, 2.05) is 0 Å². The molecule has 0 spiro atoms. The van der Waals surface area contributed by atoms with Gasteiger partial charge in [-0.1, -0.05) is 6.07 Å². The third-order valence-corrected chi connectivity index (χ3v) is 8.46. The van der Waals surface area contributed by atoms with Gasteiger partial charge in [-0.3, -0.25) is 18.8 Å². The first-order valence-electron chi connectivity index (χ1n) is 10.8. The minimum Gasteiger partial charge on any atom is -0.379 e. The van der Waals surface area contributed by atoms with Gasteiger partial charge in [-0.15, -0.1) is 0 Å². The van der Waals surface area contributed by atoms with Crippen molar-refractivity contribution in [2.24, 2.45) is 5.92 Å².